The zero-order valence-electron chi connectivity index (χ0n) is 8.63. The van der Waals surface area contributed by atoms with Crippen LogP contribution in [0.2, 0.25) is 0 Å². The van der Waals surface area contributed by atoms with E-state index in [4.69, 9.17) is 4.74 Å². The number of rotatable bonds is 2. The minimum atomic E-state index is -0.436. The van der Waals surface area contributed by atoms with Gasteiger partial charge in [-0.25, -0.2) is 4.98 Å². The summed E-state index contributed by atoms with van der Waals surface area (Å²) in [5.41, 5.74) is 0.370. The molecule has 2 saturated heterocycles. The van der Waals surface area contributed by atoms with Crippen molar-refractivity contribution in [2.75, 3.05) is 31.2 Å². The van der Waals surface area contributed by atoms with Crippen molar-refractivity contribution >= 4 is 11.5 Å². The van der Waals surface area contributed by atoms with Crippen LogP contribution >= 0.6 is 0 Å². The molecule has 0 aromatic carbocycles. The maximum Gasteiger partial charge on any atom is 0.287 e. The summed E-state index contributed by atoms with van der Waals surface area (Å²) < 4.78 is 5.18. The Labute approximate surface area is 92.0 Å². The van der Waals surface area contributed by atoms with Gasteiger partial charge in [0.2, 0.25) is 0 Å². The van der Waals surface area contributed by atoms with Gasteiger partial charge in [0.05, 0.1) is 23.6 Å². The summed E-state index contributed by atoms with van der Waals surface area (Å²) in [5, 5.41) is 10.5. The molecule has 0 radical (unpaired) electrons. The van der Waals surface area contributed by atoms with Crippen LogP contribution in [0.15, 0.2) is 18.3 Å². The molecular weight excluding hydrogens is 210 g/mol. The van der Waals surface area contributed by atoms with Crippen molar-refractivity contribution in [3.8, 4) is 0 Å². The van der Waals surface area contributed by atoms with E-state index in [0.717, 1.165) is 32.1 Å². The summed E-state index contributed by atoms with van der Waals surface area (Å²) >= 11 is 0. The molecule has 0 unspecified atom stereocenters. The Morgan fingerprint density at radius 1 is 1.44 bits per heavy atom. The molecule has 6 heteroatoms. The average molecular weight is 221 g/mol. The minimum Gasteiger partial charge on any atom is -0.380 e. The highest BCUT2D eigenvalue weighted by Gasteiger charge is 2.49. The standard InChI is InChI=1S/C10H11N3O3/c14-13(15)8-1-2-9(11-3-8)12-4-10(5-12)6-16-7-10/h1-3H,4-7H2. The third kappa shape index (κ3) is 1.34. The Morgan fingerprint density at radius 3 is 2.62 bits per heavy atom. The van der Waals surface area contributed by atoms with E-state index in [0.29, 0.717) is 5.41 Å². The van der Waals surface area contributed by atoms with E-state index >= 15 is 0 Å². The lowest BCUT2D eigenvalue weighted by molar-refractivity contribution is -0.385. The number of anilines is 1. The predicted octanol–water partition coefficient (Wildman–Crippen LogP) is 0.826. The van der Waals surface area contributed by atoms with Gasteiger partial charge in [-0.05, 0) is 6.07 Å². The van der Waals surface area contributed by atoms with Crippen molar-refractivity contribution in [1.29, 1.82) is 0 Å². The highest BCUT2D eigenvalue weighted by Crippen LogP contribution is 2.39. The minimum absolute atomic E-state index is 0.0333. The Morgan fingerprint density at radius 2 is 2.19 bits per heavy atom. The zero-order valence-corrected chi connectivity index (χ0v) is 8.63. The summed E-state index contributed by atoms with van der Waals surface area (Å²) in [7, 11) is 0. The van der Waals surface area contributed by atoms with Crippen LogP contribution in [0.4, 0.5) is 11.5 Å². The highest BCUT2D eigenvalue weighted by atomic mass is 16.6. The van der Waals surface area contributed by atoms with Crippen molar-refractivity contribution < 1.29 is 9.66 Å². The molecule has 3 rings (SSSR count). The van der Waals surface area contributed by atoms with Gasteiger partial charge in [-0.2, -0.15) is 0 Å². The monoisotopic (exact) mass is 221 g/mol. The SMILES string of the molecule is O=[N+]([O-])c1ccc(N2CC3(COC3)C2)nc1. The first-order chi connectivity index (χ1) is 7.69. The number of ether oxygens (including phenoxy) is 1. The van der Waals surface area contributed by atoms with Crippen molar-refractivity contribution in [3.05, 3.63) is 28.4 Å². The van der Waals surface area contributed by atoms with E-state index in [1.54, 1.807) is 6.07 Å². The first-order valence-electron chi connectivity index (χ1n) is 5.12. The van der Waals surface area contributed by atoms with Gasteiger partial charge in [0.25, 0.3) is 5.69 Å². The second kappa shape index (κ2) is 3.15. The molecule has 1 aromatic rings. The molecule has 0 saturated carbocycles. The maximum atomic E-state index is 10.5. The number of pyridine rings is 1. The lowest BCUT2D eigenvalue weighted by Gasteiger charge is -2.55. The Hall–Kier alpha value is -1.69. The van der Waals surface area contributed by atoms with Crippen LogP contribution in [0, 0.1) is 15.5 Å². The molecule has 0 aliphatic carbocycles. The number of hydrogen-bond acceptors (Lipinski definition) is 5. The van der Waals surface area contributed by atoms with Crippen LogP contribution < -0.4 is 4.90 Å². The Balaban J connectivity index is 1.69. The topological polar surface area (TPSA) is 68.5 Å². The van der Waals surface area contributed by atoms with Crippen LogP contribution in [-0.2, 0) is 4.74 Å². The molecule has 0 atom stereocenters. The quantitative estimate of drug-likeness (QED) is 0.546. The summed E-state index contributed by atoms with van der Waals surface area (Å²) in [6, 6.07) is 3.19. The van der Waals surface area contributed by atoms with E-state index in [9.17, 15) is 10.1 Å². The maximum absolute atomic E-state index is 10.5. The lowest BCUT2D eigenvalue weighted by atomic mass is 9.78. The molecule has 0 bridgehead atoms. The Bertz CT molecular complexity index is 419. The number of nitro groups is 1. The molecule has 6 nitrogen and oxygen atoms in total. The van der Waals surface area contributed by atoms with Gasteiger partial charge >= 0.3 is 0 Å². The fourth-order valence-corrected chi connectivity index (χ4v) is 2.17. The van der Waals surface area contributed by atoms with Crippen molar-refractivity contribution in [3.63, 3.8) is 0 Å². The second-order valence-corrected chi connectivity index (χ2v) is 4.48. The van der Waals surface area contributed by atoms with Crippen molar-refractivity contribution in [2.45, 2.75) is 0 Å². The van der Waals surface area contributed by atoms with Crippen LogP contribution in [-0.4, -0.2) is 36.2 Å². The number of hydrogen-bond donors (Lipinski definition) is 0. The third-order valence-corrected chi connectivity index (χ3v) is 3.14. The first kappa shape index (κ1) is 9.53. The third-order valence-electron chi connectivity index (χ3n) is 3.14. The average Bonchev–Trinajstić information content (AvgIpc) is 2.14. The summed E-state index contributed by atoms with van der Waals surface area (Å²) in [4.78, 5) is 16.2. The first-order valence-corrected chi connectivity index (χ1v) is 5.12. The number of nitrogens with zero attached hydrogens (tertiary/aromatic N) is 3. The summed E-state index contributed by atoms with van der Waals surface area (Å²) in [6.45, 7) is 3.54. The molecule has 2 aliphatic rings. The highest BCUT2D eigenvalue weighted by molar-refractivity contribution is 5.46. The fourth-order valence-electron chi connectivity index (χ4n) is 2.17. The normalized spacial score (nSPS) is 21.4. The Kier molecular flexibility index (Phi) is 1.88. The molecule has 2 fully saturated rings. The van der Waals surface area contributed by atoms with Crippen LogP contribution in [0.1, 0.15) is 0 Å². The summed E-state index contributed by atoms with van der Waals surface area (Å²) in [5.74, 6) is 0.808. The number of aromatic nitrogens is 1. The van der Waals surface area contributed by atoms with Crippen molar-refractivity contribution in [1.82, 2.24) is 4.98 Å². The predicted molar refractivity (Wildman–Crippen MR) is 56.4 cm³/mol. The molecule has 1 aromatic heterocycles. The molecule has 0 N–H and O–H groups in total. The smallest absolute Gasteiger partial charge is 0.287 e. The van der Waals surface area contributed by atoms with Gasteiger partial charge < -0.3 is 9.64 Å². The zero-order chi connectivity index (χ0) is 11.2. The largest absolute Gasteiger partial charge is 0.380 e. The van der Waals surface area contributed by atoms with Gasteiger partial charge in [0, 0.05) is 19.2 Å². The van der Waals surface area contributed by atoms with E-state index in [1.807, 2.05) is 0 Å². The van der Waals surface area contributed by atoms with Crippen LogP contribution in [0.25, 0.3) is 0 Å². The van der Waals surface area contributed by atoms with Gasteiger partial charge in [-0.15, -0.1) is 0 Å². The molecule has 16 heavy (non-hydrogen) atoms. The van der Waals surface area contributed by atoms with Crippen LogP contribution in [0.5, 0.6) is 0 Å². The van der Waals surface area contributed by atoms with Gasteiger partial charge in [0.15, 0.2) is 0 Å². The van der Waals surface area contributed by atoms with Gasteiger partial charge in [-0.3, -0.25) is 10.1 Å². The summed E-state index contributed by atoms with van der Waals surface area (Å²) in [6.07, 6.45) is 1.30. The van der Waals surface area contributed by atoms with Crippen LogP contribution in [0.3, 0.4) is 0 Å². The van der Waals surface area contributed by atoms with Crippen molar-refractivity contribution in [2.24, 2.45) is 5.41 Å². The van der Waals surface area contributed by atoms with Gasteiger partial charge in [-0.1, -0.05) is 0 Å². The van der Waals surface area contributed by atoms with E-state index < -0.39 is 4.92 Å². The molecule has 84 valence electrons. The molecular formula is C10H11N3O3. The molecule has 1 spiro atoms. The lowest BCUT2D eigenvalue weighted by Crippen LogP contribution is -2.66. The molecule has 0 amide bonds. The van der Waals surface area contributed by atoms with E-state index in [-0.39, 0.29) is 5.69 Å². The van der Waals surface area contributed by atoms with E-state index in [1.165, 1.54) is 12.3 Å². The van der Waals surface area contributed by atoms with Gasteiger partial charge in [0.1, 0.15) is 12.0 Å². The molecule has 3 heterocycles. The molecule has 2 aliphatic heterocycles. The fraction of sp³-hybridized carbons (Fsp3) is 0.500. The van der Waals surface area contributed by atoms with E-state index in [2.05, 4.69) is 9.88 Å². The second-order valence-electron chi connectivity index (χ2n) is 4.48.